The van der Waals surface area contributed by atoms with E-state index < -0.39 is 5.97 Å². The number of benzene rings is 2. The number of hydrogen-bond donors (Lipinski definition) is 1. The van der Waals surface area contributed by atoms with Gasteiger partial charge in [0.1, 0.15) is 5.75 Å². The number of halogens is 2. The molecule has 0 atom stereocenters. The minimum atomic E-state index is -0.395. The molecule has 0 saturated carbocycles. The second-order valence-corrected chi connectivity index (χ2v) is 5.64. The molecule has 0 aliphatic rings. The van der Waals surface area contributed by atoms with E-state index in [1.807, 2.05) is 6.07 Å². The van der Waals surface area contributed by atoms with E-state index in [-0.39, 0.29) is 5.75 Å². The van der Waals surface area contributed by atoms with Gasteiger partial charge in [0.05, 0.1) is 12.2 Å². The molecular formula is C17H16Cl2O3. The zero-order chi connectivity index (χ0) is 16.1. The van der Waals surface area contributed by atoms with Crippen molar-refractivity contribution in [1.29, 1.82) is 0 Å². The molecule has 0 aliphatic heterocycles. The summed E-state index contributed by atoms with van der Waals surface area (Å²) in [4.78, 5) is 11.7. The molecule has 2 rings (SSSR count). The number of phenolic OH excluding ortho intramolecular Hbond substituents is 1. The molecule has 22 heavy (non-hydrogen) atoms. The van der Waals surface area contributed by atoms with E-state index in [4.69, 9.17) is 27.9 Å². The Hall–Kier alpha value is -1.71. The first-order valence-corrected chi connectivity index (χ1v) is 7.69. The molecule has 0 radical (unpaired) electrons. The number of aryl methyl sites for hydroxylation is 2. The minimum absolute atomic E-state index is 0.151. The molecular weight excluding hydrogens is 323 g/mol. The van der Waals surface area contributed by atoms with Gasteiger partial charge in [0.2, 0.25) is 0 Å². The average Bonchev–Trinajstić information content (AvgIpc) is 2.48. The fourth-order valence-electron chi connectivity index (χ4n) is 2.12. The van der Waals surface area contributed by atoms with Crippen LogP contribution in [0, 0.1) is 0 Å². The molecule has 0 saturated heterocycles. The van der Waals surface area contributed by atoms with Gasteiger partial charge >= 0.3 is 5.97 Å². The van der Waals surface area contributed by atoms with Crippen molar-refractivity contribution in [1.82, 2.24) is 0 Å². The van der Waals surface area contributed by atoms with Crippen molar-refractivity contribution in [2.75, 3.05) is 6.61 Å². The zero-order valence-electron chi connectivity index (χ0n) is 12.1. The molecule has 0 spiro atoms. The Kier molecular flexibility index (Phi) is 5.69. The molecule has 116 valence electrons. The van der Waals surface area contributed by atoms with Gasteiger partial charge in [0.25, 0.3) is 0 Å². The van der Waals surface area contributed by atoms with Crippen LogP contribution in [-0.2, 0) is 17.6 Å². The molecule has 0 unspecified atom stereocenters. The summed E-state index contributed by atoms with van der Waals surface area (Å²) in [5.74, 6) is -0.244. The minimum Gasteiger partial charge on any atom is -0.508 e. The number of carbonyl (C=O) groups excluding carboxylic acids is 1. The van der Waals surface area contributed by atoms with Crippen LogP contribution in [0.3, 0.4) is 0 Å². The van der Waals surface area contributed by atoms with Gasteiger partial charge in [0, 0.05) is 10.0 Å². The zero-order valence-corrected chi connectivity index (χ0v) is 13.6. The second-order valence-electron chi connectivity index (χ2n) is 4.80. The van der Waals surface area contributed by atoms with Crippen LogP contribution in [0.1, 0.15) is 28.4 Å². The molecule has 2 aromatic rings. The van der Waals surface area contributed by atoms with E-state index in [1.54, 1.807) is 31.2 Å². The number of aromatic hydroxyl groups is 1. The lowest BCUT2D eigenvalue weighted by Crippen LogP contribution is -2.05. The van der Waals surface area contributed by atoms with E-state index in [9.17, 15) is 9.90 Å². The highest BCUT2D eigenvalue weighted by molar-refractivity contribution is 6.35. The van der Waals surface area contributed by atoms with Crippen LogP contribution in [0.5, 0.6) is 5.75 Å². The number of phenols is 1. The molecule has 5 heteroatoms. The standard InChI is InChI=1S/C17H16Cl2O3/c1-2-22-17(21)13-6-8-16(20)12(9-13)4-3-11-5-7-14(18)10-15(11)19/h5-10,20H,2-4H2,1H3. The molecule has 0 aliphatic carbocycles. The van der Waals surface area contributed by atoms with Crippen LogP contribution in [0.25, 0.3) is 0 Å². The lowest BCUT2D eigenvalue weighted by molar-refractivity contribution is 0.0526. The number of esters is 1. The van der Waals surface area contributed by atoms with Crippen molar-refractivity contribution in [2.24, 2.45) is 0 Å². The number of carbonyl (C=O) groups is 1. The summed E-state index contributed by atoms with van der Waals surface area (Å²) < 4.78 is 4.96. The van der Waals surface area contributed by atoms with Crippen LogP contribution in [-0.4, -0.2) is 17.7 Å². The van der Waals surface area contributed by atoms with Crippen molar-refractivity contribution < 1.29 is 14.6 Å². The maximum absolute atomic E-state index is 11.7. The lowest BCUT2D eigenvalue weighted by Gasteiger charge is -2.09. The van der Waals surface area contributed by atoms with E-state index in [1.165, 1.54) is 6.07 Å². The monoisotopic (exact) mass is 338 g/mol. The van der Waals surface area contributed by atoms with Gasteiger partial charge in [-0.1, -0.05) is 29.3 Å². The Labute approximate surface area is 139 Å². The third-order valence-corrected chi connectivity index (χ3v) is 3.86. The molecule has 1 N–H and O–H groups in total. The summed E-state index contributed by atoms with van der Waals surface area (Å²) in [7, 11) is 0. The first-order valence-electron chi connectivity index (χ1n) is 6.94. The summed E-state index contributed by atoms with van der Waals surface area (Å²) in [5, 5.41) is 11.1. The average molecular weight is 339 g/mol. The number of rotatable bonds is 5. The number of ether oxygens (including phenoxy) is 1. The van der Waals surface area contributed by atoms with Crippen molar-refractivity contribution in [3.63, 3.8) is 0 Å². The smallest absolute Gasteiger partial charge is 0.338 e. The Bertz CT molecular complexity index is 684. The van der Waals surface area contributed by atoms with Gasteiger partial charge in [-0.3, -0.25) is 0 Å². The van der Waals surface area contributed by atoms with Gasteiger partial charge in [-0.2, -0.15) is 0 Å². The first-order chi connectivity index (χ1) is 10.5. The van der Waals surface area contributed by atoms with Crippen molar-refractivity contribution in [3.05, 3.63) is 63.1 Å². The highest BCUT2D eigenvalue weighted by Crippen LogP contribution is 2.25. The topological polar surface area (TPSA) is 46.5 Å². The summed E-state index contributed by atoms with van der Waals surface area (Å²) >= 11 is 12.0. The highest BCUT2D eigenvalue weighted by Gasteiger charge is 2.11. The Balaban J connectivity index is 2.15. The highest BCUT2D eigenvalue weighted by atomic mass is 35.5. The van der Waals surface area contributed by atoms with Crippen LogP contribution in [0.4, 0.5) is 0 Å². The van der Waals surface area contributed by atoms with Gasteiger partial charge in [-0.25, -0.2) is 4.79 Å². The molecule has 0 amide bonds. The van der Waals surface area contributed by atoms with Crippen molar-refractivity contribution >= 4 is 29.2 Å². The molecule has 3 nitrogen and oxygen atoms in total. The molecule has 2 aromatic carbocycles. The van der Waals surface area contributed by atoms with E-state index in [0.717, 1.165) is 5.56 Å². The molecule has 0 fully saturated rings. The van der Waals surface area contributed by atoms with Crippen LogP contribution >= 0.6 is 23.2 Å². The van der Waals surface area contributed by atoms with Gasteiger partial charge in [-0.05, 0) is 61.2 Å². The lowest BCUT2D eigenvalue weighted by atomic mass is 10.0. The second kappa shape index (κ2) is 7.52. The fourth-order valence-corrected chi connectivity index (χ4v) is 2.62. The quantitative estimate of drug-likeness (QED) is 0.806. The predicted octanol–water partition coefficient (Wildman–Crippen LogP) is 4.66. The summed E-state index contributed by atoms with van der Waals surface area (Å²) in [6, 6.07) is 10.0. The first kappa shape index (κ1) is 16.7. The Morgan fingerprint density at radius 1 is 1.09 bits per heavy atom. The molecule has 0 heterocycles. The van der Waals surface area contributed by atoms with Crippen molar-refractivity contribution in [3.8, 4) is 5.75 Å². The summed E-state index contributed by atoms with van der Waals surface area (Å²) in [5.41, 5.74) is 2.04. The van der Waals surface area contributed by atoms with Crippen LogP contribution < -0.4 is 0 Å². The third-order valence-electron chi connectivity index (χ3n) is 3.27. The molecule has 0 aromatic heterocycles. The maximum atomic E-state index is 11.7. The van der Waals surface area contributed by atoms with Gasteiger partial charge in [0.15, 0.2) is 0 Å². The maximum Gasteiger partial charge on any atom is 0.338 e. The van der Waals surface area contributed by atoms with E-state index in [0.29, 0.717) is 40.6 Å². The predicted molar refractivity (Wildman–Crippen MR) is 87.9 cm³/mol. The van der Waals surface area contributed by atoms with Gasteiger partial charge < -0.3 is 9.84 Å². The summed E-state index contributed by atoms with van der Waals surface area (Å²) in [6.45, 7) is 2.07. The third kappa shape index (κ3) is 4.15. The summed E-state index contributed by atoms with van der Waals surface area (Å²) in [6.07, 6.45) is 1.19. The largest absolute Gasteiger partial charge is 0.508 e. The van der Waals surface area contributed by atoms with Crippen molar-refractivity contribution in [2.45, 2.75) is 19.8 Å². The van der Waals surface area contributed by atoms with Crippen LogP contribution in [0.15, 0.2) is 36.4 Å². The van der Waals surface area contributed by atoms with E-state index in [2.05, 4.69) is 0 Å². The van der Waals surface area contributed by atoms with Gasteiger partial charge in [-0.15, -0.1) is 0 Å². The molecule has 0 bridgehead atoms. The Morgan fingerprint density at radius 3 is 2.50 bits per heavy atom. The normalized spacial score (nSPS) is 10.5. The van der Waals surface area contributed by atoms with Crippen LogP contribution in [0.2, 0.25) is 10.0 Å². The van der Waals surface area contributed by atoms with E-state index >= 15 is 0 Å². The Morgan fingerprint density at radius 2 is 1.82 bits per heavy atom. The fraction of sp³-hybridized carbons (Fsp3) is 0.235. The SMILES string of the molecule is CCOC(=O)c1ccc(O)c(CCc2ccc(Cl)cc2Cl)c1. The number of hydrogen-bond acceptors (Lipinski definition) is 3.